The number of piperazine rings is 1. The molecule has 2 fully saturated rings. The number of rotatable bonds is 3. The number of quaternary nitrogens is 1. The molecule has 0 aromatic heterocycles. The Kier molecular flexibility index (Phi) is 4.36. The highest BCUT2D eigenvalue weighted by Gasteiger charge is 2.44. The minimum Gasteiger partial charge on any atom is -0.360 e. The smallest absolute Gasteiger partial charge is 0.288 e. The molecule has 2 amide bonds. The molecule has 22 heavy (non-hydrogen) atoms. The molecule has 6 heteroatoms. The number of nitrogens with zero attached hydrogens (tertiary/aromatic N) is 2. The lowest BCUT2D eigenvalue weighted by Gasteiger charge is -2.35. The third-order valence-corrected chi connectivity index (χ3v) is 4.90. The van der Waals surface area contributed by atoms with Crippen molar-refractivity contribution in [3.8, 4) is 0 Å². The van der Waals surface area contributed by atoms with Gasteiger partial charge in [0.05, 0.1) is 32.6 Å². The van der Waals surface area contributed by atoms with Crippen molar-refractivity contribution >= 4 is 29.1 Å². The van der Waals surface area contributed by atoms with Crippen LogP contribution in [0.15, 0.2) is 24.3 Å². The lowest BCUT2D eigenvalue weighted by atomic mass is 10.1. The maximum absolute atomic E-state index is 12.3. The molecule has 1 aromatic rings. The van der Waals surface area contributed by atoms with Crippen LogP contribution in [0.5, 0.6) is 0 Å². The lowest BCUT2D eigenvalue weighted by molar-refractivity contribution is -0.915. The summed E-state index contributed by atoms with van der Waals surface area (Å²) in [6, 6.07) is 7.66. The third kappa shape index (κ3) is 2.83. The summed E-state index contributed by atoms with van der Waals surface area (Å²) in [7, 11) is 0. The first-order chi connectivity index (χ1) is 10.6. The highest BCUT2D eigenvalue weighted by molar-refractivity contribution is 6.30. The van der Waals surface area contributed by atoms with Crippen molar-refractivity contribution in [3.05, 3.63) is 29.3 Å². The zero-order valence-electron chi connectivity index (χ0n) is 12.7. The van der Waals surface area contributed by atoms with Crippen LogP contribution >= 0.6 is 11.6 Å². The van der Waals surface area contributed by atoms with Crippen molar-refractivity contribution in [1.82, 2.24) is 4.90 Å². The van der Waals surface area contributed by atoms with Crippen LogP contribution in [0.2, 0.25) is 5.02 Å². The second-order valence-electron chi connectivity index (χ2n) is 5.85. The number of likely N-dealkylation sites (tertiary alicyclic amines) is 1. The zero-order valence-corrected chi connectivity index (χ0v) is 13.5. The van der Waals surface area contributed by atoms with Crippen molar-refractivity contribution in [2.45, 2.75) is 19.4 Å². The summed E-state index contributed by atoms with van der Waals surface area (Å²) < 4.78 is 0. The first-order valence-electron chi connectivity index (χ1n) is 7.79. The fourth-order valence-electron chi connectivity index (χ4n) is 3.39. The molecule has 1 N–H and O–H groups in total. The standard InChI is InChI=1S/C16H20ClN3O2/c1-2-20-15(21)11-14(16(20)22)19-9-7-18(8-10-19)13-5-3-12(17)4-6-13/h3-6,14H,2,7-11H2,1H3/p+1/t14-/m0/s1. The van der Waals surface area contributed by atoms with Crippen LogP contribution < -0.4 is 9.80 Å². The van der Waals surface area contributed by atoms with Crippen LogP contribution in [0.25, 0.3) is 0 Å². The number of anilines is 1. The Labute approximate surface area is 135 Å². The van der Waals surface area contributed by atoms with E-state index in [2.05, 4.69) is 4.90 Å². The quantitative estimate of drug-likeness (QED) is 0.808. The molecule has 1 atom stereocenters. The maximum atomic E-state index is 12.3. The number of amides is 2. The van der Waals surface area contributed by atoms with Gasteiger partial charge in [-0.1, -0.05) is 11.6 Å². The van der Waals surface area contributed by atoms with Gasteiger partial charge in [0, 0.05) is 17.3 Å². The van der Waals surface area contributed by atoms with Gasteiger partial charge in [0.1, 0.15) is 0 Å². The largest absolute Gasteiger partial charge is 0.360 e. The van der Waals surface area contributed by atoms with Crippen LogP contribution in [0.4, 0.5) is 5.69 Å². The highest BCUT2D eigenvalue weighted by Crippen LogP contribution is 2.18. The van der Waals surface area contributed by atoms with Crippen molar-refractivity contribution in [2.24, 2.45) is 0 Å². The van der Waals surface area contributed by atoms with E-state index in [0.29, 0.717) is 13.0 Å². The molecule has 0 saturated carbocycles. The van der Waals surface area contributed by atoms with E-state index in [1.54, 1.807) is 0 Å². The normalized spacial score (nSPS) is 23.5. The van der Waals surface area contributed by atoms with Crippen molar-refractivity contribution in [2.75, 3.05) is 37.6 Å². The number of likely N-dealkylation sites (N-methyl/N-ethyl adjacent to an activating group) is 1. The third-order valence-electron chi connectivity index (χ3n) is 4.65. The fraction of sp³-hybridized carbons (Fsp3) is 0.500. The van der Waals surface area contributed by atoms with Gasteiger partial charge in [-0.15, -0.1) is 0 Å². The van der Waals surface area contributed by atoms with E-state index in [1.807, 2.05) is 31.2 Å². The average molecular weight is 323 g/mol. The molecule has 5 nitrogen and oxygen atoms in total. The number of benzene rings is 1. The minimum absolute atomic E-state index is 0.00226. The molecular formula is C16H21ClN3O2+. The van der Waals surface area contributed by atoms with Crippen molar-refractivity contribution in [1.29, 1.82) is 0 Å². The molecule has 118 valence electrons. The molecule has 1 aromatic carbocycles. The van der Waals surface area contributed by atoms with Gasteiger partial charge in [-0.25, -0.2) is 0 Å². The fourth-order valence-corrected chi connectivity index (χ4v) is 3.51. The monoisotopic (exact) mass is 322 g/mol. The zero-order chi connectivity index (χ0) is 15.7. The van der Waals surface area contributed by atoms with Crippen LogP contribution in [0, 0.1) is 0 Å². The van der Waals surface area contributed by atoms with Gasteiger partial charge in [0.2, 0.25) is 5.91 Å². The van der Waals surface area contributed by atoms with Gasteiger partial charge in [-0.05, 0) is 31.2 Å². The van der Waals surface area contributed by atoms with Crippen LogP contribution in [-0.4, -0.2) is 55.5 Å². The molecule has 2 aliphatic heterocycles. The predicted molar refractivity (Wildman–Crippen MR) is 85.2 cm³/mol. The van der Waals surface area contributed by atoms with E-state index in [1.165, 1.54) is 9.80 Å². The summed E-state index contributed by atoms with van der Waals surface area (Å²) >= 11 is 5.92. The molecule has 0 radical (unpaired) electrons. The van der Waals surface area contributed by atoms with Crippen LogP contribution in [0.3, 0.4) is 0 Å². The van der Waals surface area contributed by atoms with Crippen molar-refractivity contribution < 1.29 is 14.5 Å². The Bertz CT molecular complexity index is 567. The lowest BCUT2D eigenvalue weighted by Crippen LogP contribution is -3.19. The Hall–Kier alpha value is -1.59. The summed E-state index contributed by atoms with van der Waals surface area (Å²) in [4.78, 5) is 29.1. The van der Waals surface area contributed by atoms with E-state index in [9.17, 15) is 9.59 Å². The van der Waals surface area contributed by atoms with E-state index in [0.717, 1.165) is 36.9 Å². The number of hydrogen-bond acceptors (Lipinski definition) is 3. The van der Waals surface area contributed by atoms with Gasteiger partial charge >= 0.3 is 0 Å². The first kappa shape index (κ1) is 15.3. The van der Waals surface area contributed by atoms with Crippen LogP contribution in [0.1, 0.15) is 13.3 Å². The van der Waals surface area contributed by atoms with Gasteiger partial charge in [-0.2, -0.15) is 0 Å². The summed E-state index contributed by atoms with van der Waals surface area (Å²) in [6.45, 7) is 5.88. The summed E-state index contributed by atoms with van der Waals surface area (Å²) in [6.07, 6.45) is 0.364. The van der Waals surface area contributed by atoms with E-state index < -0.39 is 0 Å². The van der Waals surface area contributed by atoms with E-state index >= 15 is 0 Å². The second-order valence-corrected chi connectivity index (χ2v) is 6.29. The average Bonchev–Trinajstić information content (AvgIpc) is 2.82. The first-order valence-corrected chi connectivity index (χ1v) is 8.17. The van der Waals surface area contributed by atoms with Crippen molar-refractivity contribution in [3.63, 3.8) is 0 Å². The number of halogens is 1. The highest BCUT2D eigenvalue weighted by atomic mass is 35.5. The predicted octanol–water partition coefficient (Wildman–Crippen LogP) is 0.192. The Balaban J connectivity index is 1.61. The molecule has 0 unspecified atom stereocenters. The number of hydrogen-bond donors (Lipinski definition) is 1. The molecule has 2 saturated heterocycles. The maximum Gasteiger partial charge on any atom is 0.288 e. The molecule has 0 spiro atoms. The SMILES string of the molecule is CCN1C(=O)C[C@H]([NH+]2CCN(c3ccc(Cl)cc3)CC2)C1=O. The van der Waals surface area contributed by atoms with Gasteiger partial charge in [0.25, 0.3) is 5.91 Å². The topological polar surface area (TPSA) is 45.1 Å². The Morgan fingerprint density at radius 2 is 1.82 bits per heavy atom. The minimum atomic E-state index is -0.181. The summed E-state index contributed by atoms with van der Waals surface area (Å²) in [5.41, 5.74) is 1.16. The number of nitrogens with one attached hydrogen (secondary N) is 1. The molecule has 2 aliphatic rings. The van der Waals surface area contributed by atoms with E-state index in [-0.39, 0.29) is 17.9 Å². The summed E-state index contributed by atoms with van der Waals surface area (Å²) in [5.74, 6) is -0.0208. The molecule has 0 aliphatic carbocycles. The van der Waals surface area contributed by atoms with Gasteiger partial charge < -0.3 is 9.80 Å². The number of imide groups is 1. The number of carbonyl (C=O) groups excluding carboxylic acids is 2. The van der Waals surface area contributed by atoms with Crippen LogP contribution in [-0.2, 0) is 9.59 Å². The second kappa shape index (κ2) is 6.26. The summed E-state index contributed by atoms with van der Waals surface area (Å²) in [5, 5.41) is 0.739. The van der Waals surface area contributed by atoms with Gasteiger partial charge in [0.15, 0.2) is 6.04 Å². The Morgan fingerprint density at radius 3 is 2.36 bits per heavy atom. The molecule has 2 heterocycles. The number of carbonyl (C=O) groups is 2. The molecular weight excluding hydrogens is 302 g/mol. The Morgan fingerprint density at radius 1 is 1.18 bits per heavy atom. The molecule has 0 bridgehead atoms. The molecule has 3 rings (SSSR count). The van der Waals surface area contributed by atoms with E-state index in [4.69, 9.17) is 11.6 Å². The van der Waals surface area contributed by atoms with Gasteiger partial charge in [-0.3, -0.25) is 14.5 Å².